The van der Waals surface area contributed by atoms with Gasteiger partial charge in [0.2, 0.25) is 5.78 Å². The molecule has 0 aliphatic heterocycles. The van der Waals surface area contributed by atoms with E-state index in [-0.39, 0.29) is 17.1 Å². The van der Waals surface area contributed by atoms with Crippen LogP contribution in [0.2, 0.25) is 0 Å². The van der Waals surface area contributed by atoms with Crippen LogP contribution in [0.1, 0.15) is 21.3 Å². The fourth-order valence-electron chi connectivity index (χ4n) is 1.80. The Morgan fingerprint density at radius 2 is 2.35 bits per heavy atom. The molecule has 0 atom stereocenters. The highest BCUT2D eigenvalue weighted by molar-refractivity contribution is 7.18. The van der Waals surface area contributed by atoms with E-state index in [1.807, 2.05) is 6.92 Å². The molecule has 0 spiro atoms. The molecule has 3 rings (SSSR count). The minimum Gasteiger partial charge on any atom is -0.461 e. The third kappa shape index (κ3) is 2.33. The van der Waals surface area contributed by atoms with Gasteiger partial charge in [-0.1, -0.05) is 0 Å². The van der Waals surface area contributed by atoms with Gasteiger partial charge in [-0.05, 0) is 37.3 Å². The van der Waals surface area contributed by atoms with Crippen LogP contribution in [0.4, 0.5) is 0 Å². The maximum absolute atomic E-state index is 11.9. The highest BCUT2D eigenvalue weighted by Gasteiger charge is 2.07. The van der Waals surface area contributed by atoms with E-state index in [0.29, 0.717) is 16.0 Å². The number of fused-ring (bicyclic) bond motifs is 1. The number of H-pyrrole nitrogens is 1. The Labute approximate surface area is 117 Å². The highest BCUT2D eigenvalue weighted by atomic mass is 32.1. The molecular formula is C14H10N2O3S. The lowest BCUT2D eigenvalue weighted by molar-refractivity contribution is 0.102. The third-order valence-corrected chi connectivity index (χ3v) is 3.64. The summed E-state index contributed by atoms with van der Waals surface area (Å²) >= 11 is 1.44. The van der Waals surface area contributed by atoms with Crippen molar-refractivity contribution in [2.24, 2.45) is 0 Å². The molecule has 3 heterocycles. The van der Waals surface area contributed by atoms with E-state index in [0.717, 1.165) is 4.88 Å². The molecule has 3 aromatic rings. The van der Waals surface area contributed by atoms with E-state index in [2.05, 4.69) is 9.97 Å². The molecule has 0 radical (unpaired) electrons. The summed E-state index contributed by atoms with van der Waals surface area (Å²) < 4.78 is 4.99. The Kier molecular flexibility index (Phi) is 3.08. The van der Waals surface area contributed by atoms with Crippen molar-refractivity contribution in [1.29, 1.82) is 0 Å². The van der Waals surface area contributed by atoms with Crippen LogP contribution in [0.5, 0.6) is 0 Å². The highest BCUT2D eigenvalue weighted by Crippen LogP contribution is 2.19. The van der Waals surface area contributed by atoms with Crippen LogP contribution in [0.15, 0.2) is 39.7 Å². The van der Waals surface area contributed by atoms with E-state index in [4.69, 9.17) is 4.42 Å². The average Bonchev–Trinajstić information content (AvgIpc) is 3.04. The first-order valence-corrected chi connectivity index (χ1v) is 6.71. The first kappa shape index (κ1) is 12.6. The molecule has 0 amide bonds. The molecule has 100 valence electrons. The van der Waals surface area contributed by atoms with Crippen molar-refractivity contribution >= 4 is 33.4 Å². The van der Waals surface area contributed by atoms with Crippen molar-refractivity contribution in [3.63, 3.8) is 0 Å². The lowest BCUT2D eigenvalue weighted by Gasteiger charge is -1.93. The molecule has 3 aromatic heterocycles. The summed E-state index contributed by atoms with van der Waals surface area (Å²) in [5.74, 6) is 0.320. The number of carbonyl (C=O) groups is 1. The Balaban J connectivity index is 1.95. The number of ketones is 1. The van der Waals surface area contributed by atoms with Crippen molar-refractivity contribution in [2.45, 2.75) is 6.92 Å². The zero-order valence-corrected chi connectivity index (χ0v) is 11.4. The molecule has 0 unspecified atom stereocenters. The van der Waals surface area contributed by atoms with Crippen LogP contribution in [0, 0.1) is 6.92 Å². The molecular weight excluding hydrogens is 276 g/mol. The van der Waals surface area contributed by atoms with Gasteiger partial charge < -0.3 is 9.40 Å². The van der Waals surface area contributed by atoms with E-state index in [1.54, 1.807) is 18.2 Å². The van der Waals surface area contributed by atoms with Crippen molar-refractivity contribution in [3.05, 3.63) is 57.4 Å². The Hall–Kier alpha value is -2.47. The SMILES string of the molecule is Cc1cc2c(=O)[nH]c(/C=C/C(=O)c3ccco3)nc2s1. The van der Waals surface area contributed by atoms with Crippen molar-refractivity contribution in [1.82, 2.24) is 9.97 Å². The van der Waals surface area contributed by atoms with Gasteiger partial charge in [0.25, 0.3) is 5.56 Å². The molecule has 6 heteroatoms. The van der Waals surface area contributed by atoms with Gasteiger partial charge in [-0.25, -0.2) is 4.98 Å². The van der Waals surface area contributed by atoms with Crippen LogP contribution >= 0.6 is 11.3 Å². The van der Waals surface area contributed by atoms with Gasteiger partial charge in [-0.3, -0.25) is 9.59 Å². The molecule has 0 aliphatic carbocycles. The lowest BCUT2D eigenvalue weighted by atomic mass is 10.3. The van der Waals surface area contributed by atoms with Crippen LogP contribution in [0.3, 0.4) is 0 Å². The Morgan fingerprint density at radius 1 is 1.50 bits per heavy atom. The molecule has 0 bridgehead atoms. The maximum Gasteiger partial charge on any atom is 0.259 e. The van der Waals surface area contributed by atoms with Gasteiger partial charge in [-0.15, -0.1) is 11.3 Å². The topological polar surface area (TPSA) is 76.0 Å². The summed E-state index contributed by atoms with van der Waals surface area (Å²) in [6.45, 7) is 1.92. The number of carbonyl (C=O) groups excluding carboxylic acids is 1. The summed E-state index contributed by atoms with van der Waals surface area (Å²) in [6.07, 6.45) is 4.23. The second-order valence-corrected chi connectivity index (χ2v) is 5.44. The number of furan rings is 1. The number of aromatic amines is 1. The zero-order valence-electron chi connectivity index (χ0n) is 10.5. The predicted octanol–water partition coefficient (Wildman–Crippen LogP) is 2.78. The van der Waals surface area contributed by atoms with Crippen molar-refractivity contribution in [2.75, 3.05) is 0 Å². The average molecular weight is 286 g/mol. The quantitative estimate of drug-likeness (QED) is 0.593. The summed E-state index contributed by atoms with van der Waals surface area (Å²) in [4.78, 5) is 32.2. The van der Waals surface area contributed by atoms with E-state index < -0.39 is 0 Å². The molecule has 1 N–H and O–H groups in total. The lowest BCUT2D eigenvalue weighted by Crippen LogP contribution is -2.08. The molecule has 0 saturated heterocycles. The minimum absolute atomic E-state index is 0.204. The summed E-state index contributed by atoms with van der Waals surface area (Å²) in [6, 6.07) is 5.02. The monoisotopic (exact) mass is 286 g/mol. The largest absolute Gasteiger partial charge is 0.461 e. The van der Waals surface area contributed by atoms with E-state index in [1.165, 1.54) is 29.8 Å². The number of thiophene rings is 1. The molecule has 20 heavy (non-hydrogen) atoms. The van der Waals surface area contributed by atoms with E-state index in [9.17, 15) is 9.59 Å². The smallest absolute Gasteiger partial charge is 0.259 e. The summed E-state index contributed by atoms with van der Waals surface area (Å²) in [7, 11) is 0. The van der Waals surface area contributed by atoms with Crippen LogP contribution in [0.25, 0.3) is 16.3 Å². The number of allylic oxidation sites excluding steroid dienone is 1. The molecule has 5 nitrogen and oxygen atoms in total. The van der Waals surface area contributed by atoms with Gasteiger partial charge in [0.1, 0.15) is 10.7 Å². The van der Waals surface area contributed by atoms with Crippen LogP contribution < -0.4 is 5.56 Å². The standard InChI is InChI=1S/C14H10N2O3S/c1-8-7-9-13(18)15-12(16-14(9)20-8)5-4-10(17)11-3-2-6-19-11/h2-7H,1H3,(H,15,16,18)/b5-4+. The summed E-state index contributed by atoms with van der Waals surface area (Å²) in [5, 5.41) is 0.571. The Bertz CT molecular complexity index is 856. The van der Waals surface area contributed by atoms with Crippen LogP contribution in [-0.2, 0) is 0 Å². The number of nitrogens with zero attached hydrogens (tertiary/aromatic N) is 1. The maximum atomic E-state index is 11.9. The van der Waals surface area contributed by atoms with Gasteiger partial charge in [-0.2, -0.15) is 0 Å². The van der Waals surface area contributed by atoms with Crippen LogP contribution in [-0.4, -0.2) is 15.8 Å². The number of hydrogen-bond donors (Lipinski definition) is 1. The minimum atomic E-state index is -0.278. The number of rotatable bonds is 3. The van der Waals surface area contributed by atoms with Crippen molar-refractivity contribution in [3.8, 4) is 0 Å². The molecule has 0 fully saturated rings. The molecule has 0 aromatic carbocycles. The van der Waals surface area contributed by atoms with Crippen molar-refractivity contribution < 1.29 is 9.21 Å². The van der Waals surface area contributed by atoms with Gasteiger partial charge in [0.05, 0.1) is 11.6 Å². The predicted molar refractivity (Wildman–Crippen MR) is 77.1 cm³/mol. The normalized spacial score (nSPS) is 11.4. The third-order valence-electron chi connectivity index (χ3n) is 2.70. The van der Waals surface area contributed by atoms with Gasteiger partial charge in [0.15, 0.2) is 5.76 Å². The Morgan fingerprint density at radius 3 is 3.10 bits per heavy atom. The number of aryl methyl sites for hydroxylation is 1. The molecule has 0 aliphatic rings. The van der Waals surface area contributed by atoms with E-state index >= 15 is 0 Å². The summed E-state index contributed by atoms with van der Waals surface area (Å²) in [5.41, 5.74) is -0.204. The fourth-order valence-corrected chi connectivity index (χ4v) is 2.69. The zero-order chi connectivity index (χ0) is 14.1. The molecule has 0 saturated carbocycles. The number of nitrogens with one attached hydrogen (secondary N) is 1. The first-order chi connectivity index (χ1) is 9.63. The fraction of sp³-hybridized carbons (Fsp3) is 0.0714. The van der Waals surface area contributed by atoms with Gasteiger partial charge in [0, 0.05) is 4.88 Å². The first-order valence-electron chi connectivity index (χ1n) is 5.90. The second-order valence-electron chi connectivity index (χ2n) is 4.20. The number of hydrogen-bond acceptors (Lipinski definition) is 5. The second kappa shape index (κ2) is 4.90. The van der Waals surface area contributed by atoms with Gasteiger partial charge >= 0.3 is 0 Å². The number of aromatic nitrogens is 2.